The smallest absolute Gasteiger partial charge is 0.127 e. The summed E-state index contributed by atoms with van der Waals surface area (Å²) >= 11 is 0. The van der Waals surface area contributed by atoms with Gasteiger partial charge in [-0.15, -0.1) is 0 Å². The van der Waals surface area contributed by atoms with Gasteiger partial charge in [-0.25, -0.2) is 0 Å². The highest BCUT2D eigenvalue weighted by atomic mass is 16.3. The largest absolute Gasteiger partial charge is 0.508 e. The van der Waals surface area contributed by atoms with Crippen LogP contribution >= 0.6 is 0 Å². The molecule has 0 spiro atoms. The fraction of sp³-hybridized carbons (Fsp3) is 0.250. The normalized spacial score (nSPS) is 10.6. The fourth-order valence-corrected chi connectivity index (χ4v) is 2.21. The molecule has 0 atom stereocenters. The molecule has 2 heteroatoms. The maximum Gasteiger partial charge on any atom is 0.127 e. The first-order valence-electron chi connectivity index (χ1n) is 6.30. The third-order valence-corrected chi connectivity index (χ3v) is 3.27. The number of phenolic OH excluding ortho intramolecular Hbond substituents is 2. The maximum absolute atomic E-state index is 10.0. The van der Waals surface area contributed by atoms with E-state index in [1.165, 1.54) is 11.6 Å². The van der Waals surface area contributed by atoms with E-state index in [0.717, 1.165) is 29.5 Å². The van der Waals surface area contributed by atoms with E-state index in [1.807, 2.05) is 31.2 Å². The van der Waals surface area contributed by atoms with Crippen LogP contribution in [0.5, 0.6) is 11.5 Å². The number of hydrogen-bond acceptors (Lipinski definition) is 2. The van der Waals surface area contributed by atoms with Gasteiger partial charge in [0.05, 0.1) is 0 Å². The summed E-state index contributed by atoms with van der Waals surface area (Å²) in [6.07, 6.45) is 1.66. The van der Waals surface area contributed by atoms with Crippen molar-refractivity contribution in [2.75, 3.05) is 0 Å². The fourth-order valence-electron chi connectivity index (χ4n) is 2.21. The number of rotatable bonds is 3. The summed E-state index contributed by atoms with van der Waals surface area (Å²) < 4.78 is 0. The summed E-state index contributed by atoms with van der Waals surface area (Å²) in [7, 11) is 0. The number of hydrogen-bond donors (Lipinski definition) is 2. The van der Waals surface area contributed by atoms with Gasteiger partial charge in [-0.3, -0.25) is 0 Å². The summed E-state index contributed by atoms with van der Waals surface area (Å²) in [5.74, 6) is 0.290. The van der Waals surface area contributed by atoms with Crippen molar-refractivity contribution in [3.8, 4) is 22.6 Å². The molecule has 0 aliphatic carbocycles. The molecule has 0 amide bonds. The van der Waals surface area contributed by atoms with Gasteiger partial charge in [0.1, 0.15) is 11.5 Å². The molecule has 0 fully saturated rings. The molecule has 0 unspecified atom stereocenters. The molecular weight excluding hydrogens is 224 g/mol. The lowest BCUT2D eigenvalue weighted by atomic mass is 9.95. The summed E-state index contributed by atoms with van der Waals surface area (Å²) in [5, 5.41) is 19.8. The van der Waals surface area contributed by atoms with Crippen molar-refractivity contribution in [1.29, 1.82) is 0 Å². The van der Waals surface area contributed by atoms with Crippen molar-refractivity contribution in [3.05, 3.63) is 47.5 Å². The molecule has 0 heterocycles. The second-order valence-electron chi connectivity index (χ2n) is 4.36. The van der Waals surface area contributed by atoms with E-state index in [0.29, 0.717) is 0 Å². The Bertz CT molecular complexity index is 559. The van der Waals surface area contributed by atoms with Crippen LogP contribution in [0.3, 0.4) is 0 Å². The van der Waals surface area contributed by atoms with Gasteiger partial charge in [0, 0.05) is 11.6 Å². The van der Waals surface area contributed by atoms with E-state index in [2.05, 4.69) is 13.0 Å². The predicted octanol–water partition coefficient (Wildman–Crippen LogP) is 3.89. The zero-order valence-corrected chi connectivity index (χ0v) is 10.8. The van der Waals surface area contributed by atoms with E-state index in [9.17, 15) is 10.2 Å². The molecule has 0 saturated carbocycles. The predicted molar refractivity (Wildman–Crippen MR) is 74.0 cm³/mol. The molecular formula is C16H18O2. The van der Waals surface area contributed by atoms with Gasteiger partial charge >= 0.3 is 0 Å². The van der Waals surface area contributed by atoms with Gasteiger partial charge in [0.15, 0.2) is 0 Å². The molecule has 94 valence electrons. The lowest BCUT2D eigenvalue weighted by molar-refractivity contribution is 0.447. The second kappa shape index (κ2) is 5.13. The van der Waals surface area contributed by atoms with Crippen LogP contribution in [-0.4, -0.2) is 10.2 Å². The molecule has 2 aromatic rings. The van der Waals surface area contributed by atoms with E-state index >= 15 is 0 Å². The number of aromatic hydroxyl groups is 2. The third-order valence-electron chi connectivity index (χ3n) is 3.27. The van der Waals surface area contributed by atoms with E-state index < -0.39 is 0 Å². The van der Waals surface area contributed by atoms with Crippen LogP contribution in [0, 0.1) is 0 Å². The Hall–Kier alpha value is -1.96. The van der Waals surface area contributed by atoms with Gasteiger partial charge in [-0.05, 0) is 35.6 Å². The molecule has 0 radical (unpaired) electrons. The van der Waals surface area contributed by atoms with Crippen molar-refractivity contribution in [1.82, 2.24) is 0 Å². The topological polar surface area (TPSA) is 40.5 Å². The number of aryl methyl sites for hydroxylation is 2. The van der Waals surface area contributed by atoms with Gasteiger partial charge in [-0.2, -0.15) is 0 Å². The van der Waals surface area contributed by atoms with Crippen LogP contribution < -0.4 is 0 Å². The Labute approximate surface area is 108 Å². The van der Waals surface area contributed by atoms with Gasteiger partial charge < -0.3 is 10.2 Å². The highest BCUT2D eigenvalue weighted by Crippen LogP contribution is 2.36. The van der Waals surface area contributed by atoms with Crippen LogP contribution in [-0.2, 0) is 12.8 Å². The Morgan fingerprint density at radius 3 is 2.11 bits per heavy atom. The van der Waals surface area contributed by atoms with Gasteiger partial charge in [-0.1, -0.05) is 38.1 Å². The molecule has 0 bridgehead atoms. The standard InChI is InChI=1S/C16H18O2/c1-3-11-7-5-6-8-13(11)14-9-12(4-2)15(17)10-16(14)18/h5-10,17-18H,3-4H2,1-2H3. The van der Waals surface area contributed by atoms with Gasteiger partial charge in [0.2, 0.25) is 0 Å². The van der Waals surface area contributed by atoms with Crippen LogP contribution in [0.15, 0.2) is 36.4 Å². The average Bonchev–Trinajstić information content (AvgIpc) is 2.39. The third kappa shape index (κ3) is 2.19. The van der Waals surface area contributed by atoms with Crippen LogP contribution in [0.4, 0.5) is 0 Å². The van der Waals surface area contributed by atoms with Crippen molar-refractivity contribution >= 4 is 0 Å². The average molecular weight is 242 g/mol. The Morgan fingerprint density at radius 1 is 0.778 bits per heavy atom. The molecule has 0 aromatic heterocycles. The summed E-state index contributed by atoms with van der Waals surface area (Å²) in [6, 6.07) is 11.3. The first kappa shape index (κ1) is 12.5. The highest BCUT2D eigenvalue weighted by Gasteiger charge is 2.11. The highest BCUT2D eigenvalue weighted by molar-refractivity contribution is 5.75. The molecule has 2 nitrogen and oxygen atoms in total. The quantitative estimate of drug-likeness (QED) is 0.857. The van der Waals surface area contributed by atoms with Crippen LogP contribution in [0.1, 0.15) is 25.0 Å². The van der Waals surface area contributed by atoms with Crippen molar-refractivity contribution < 1.29 is 10.2 Å². The summed E-state index contributed by atoms with van der Waals surface area (Å²) in [5.41, 5.74) is 3.88. The van der Waals surface area contributed by atoms with Crippen molar-refractivity contribution in [2.24, 2.45) is 0 Å². The minimum absolute atomic E-state index is 0.130. The number of phenols is 2. The SMILES string of the molecule is CCc1cc(-c2ccccc2CC)c(O)cc1O. The van der Waals surface area contributed by atoms with Crippen LogP contribution in [0.25, 0.3) is 11.1 Å². The zero-order chi connectivity index (χ0) is 13.1. The Balaban J connectivity index is 2.63. The number of benzene rings is 2. The van der Waals surface area contributed by atoms with E-state index in [-0.39, 0.29) is 11.5 Å². The van der Waals surface area contributed by atoms with Crippen molar-refractivity contribution in [3.63, 3.8) is 0 Å². The molecule has 0 saturated heterocycles. The lowest BCUT2D eigenvalue weighted by Crippen LogP contribution is -1.90. The van der Waals surface area contributed by atoms with Crippen LogP contribution in [0.2, 0.25) is 0 Å². The first-order valence-corrected chi connectivity index (χ1v) is 6.30. The molecule has 2 aromatic carbocycles. The lowest BCUT2D eigenvalue weighted by Gasteiger charge is -2.12. The molecule has 0 aliphatic heterocycles. The van der Waals surface area contributed by atoms with E-state index in [4.69, 9.17) is 0 Å². The van der Waals surface area contributed by atoms with Gasteiger partial charge in [0.25, 0.3) is 0 Å². The summed E-state index contributed by atoms with van der Waals surface area (Å²) in [4.78, 5) is 0. The minimum Gasteiger partial charge on any atom is -0.508 e. The Kier molecular flexibility index (Phi) is 3.56. The minimum atomic E-state index is 0.130. The second-order valence-corrected chi connectivity index (χ2v) is 4.36. The molecule has 0 aliphatic rings. The Morgan fingerprint density at radius 2 is 1.44 bits per heavy atom. The molecule has 2 rings (SSSR count). The molecule has 2 N–H and O–H groups in total. The monoisotopic (exact) mass is 242 g/mol. The molecule has 18 heavy (non-hydrogen) atoms. The van der Waals surface area contributed by atoms with E-state index in [1.54, 1.807) is 0 Å². The van der Waals surface area contributed by atoms with Crippen molar-refractivity contribution in [2.45, 2.75) is 26.7 Å². The first-order chi connectivity index (χ1) is 8.67. The summed E-state index contributed by atoms with van der Waals surface area (Å²) in [6.45, 7) is 4.08. The zero-order valence-electron chi connectivity index (χ0n) is 10.8. The maximum atomic E-state index is 10.0.